The Bertz CT molecular complexity index is 569. The summed E-state index contributed by atoms with van der Waals surface area (Å²) in [6, 6.07) is 7.89. The first-order chi connectivity index (χ1) is 9.04. The molecule has 2 heteroatoms. The molecule has 0 aliphatic rings. The van der Waals surface area contributed by atoms with Gasteiger partial charge in [-0.2, -0.15) is 0 Å². The third-order valence-corrected chi connectivity index (χ3v) is 3.03. The Kier molecular flexibility index (Phi) is 6.23. The molecule has 0 heterocycles. The van der Waals surface area contributed by atoms with Crippen LogP contribution < -0.4 is 16.2 Å². The van der Waals surface area contributed by atoms with Crippen molar-refractivity contribution in [3.05, 3.63) is 46.4 Å². The van der Waals surface area contributed by atoms with Crippen LogP contribution in [-0.4, -0.2) is 11.8 Å². The highest BCUT2D eigenvalue weighted by Crippen LogP contribution is 2.03. The molecule has 1 unspecified atom stereocenters. The molecule has 0 radical (unpaired) electrons. The second kappa shape index (κ2) is 7.70. The fourth-order valence-electron chi connectivity index (χ4n) is 1.86. The van der Waals surface area contributed by atoms with Gasteiger partial charge in [0.05, 0.1) is 6.04 Å². The summed E-state index contributed by atoms with van der Waals surface area (Å²) in [4.78, 5) is 11.1. The molecule has 1 aromatic carbocycles. The van der Waals surface area contributed by atoms with E-state index in [0.29, 0.717) is 6.42 Å². The van der Waals surface area contributed by atoms with E-state index in [4.69, 9.17) is 5.73 Å². The van der Waals surface area contributed by atoms with Crippen LogP contribution in [0.5, 0.6) is 0 Å². The van der Waals surface area contributed by atoms with Gasteiger partial charge >= 0.3 is 0 Å². The van der Waals surface area contributed by atoms with Gasteiger partial charge in [0, 0.05) is 0 Å². The van der Waals surface area contributed by atoms with Gasteiger partial charge in [0.15, 0.2) is 0 Å². The minimum absolute atomic E-state index is 0.0347. The van der Waals surface area contributed by atoms with Gasteiger partial charge < -0.3 is 5.73 Å². The summed E-state index contributed by atoms with van der Waals surface area (Å²) in [5.74, 6) is 0.0347. The predicted molar refractivity (Wildman–Crippen MR) is 81.9 cm³/mol. The van der Waals surface area contributed by atoms with E-state index in [9.17, 15) is 4.79 Å². The normalized spacial score (nSPS) is 15.7. The number of nitrogens with two attached hydrogens (primary N) is 1. The molecule has 0 bridgehead atoms. The Hall–Kier alpha value is -1.67. The van der Waals surface area contributed by atoms with Crippen molar-refractivity contribution in [1.29, 1.82) is 0 Å². The second-order valence-electron chi connectivity index (χ2n) is 4.84. The fraction of sp³-hybridized carbons (Fsp3) is 0.353. The van der Waals surface area contributed by atoms with Crippen molar-refractivity contribution in [3.8, 4) is 0 Å². The van der Waals surface area contributed by atoms with Crippen LogP contribution in [0.3, 0.4) is 0 Å². The first kappa shape index (κ1) is 15.4. The smallest absolute Gasteiger partial charge is 0.146 e. The number of ketones is 1. The van der Waals surface area contributed by atoms with Gasteiger partial charge in [-0.3, -0.25) is 4.79 Å². The van der Waals surface area contributed by atoms with Crippen LogP contribution in [0.15, 0.2) is 35.9 Å². The van der Waals surface area contributed by atoms with Gasteiger partial charge in [0.25, 0.3) is 0 Å². The Morgan fingerprint density at radius 3 is 2.47 bits per heavy atom. The van der Waals surface area contributed by atoms with Gasteiger partial charge in [0.2, 0.25) is 0 Å². The average Bonchev–Trinajstić information content (AvgIpc) is 2.38. The molecule has 2 N–H and O–H groups in total. The van der Waals surface area contributed by atoms with E-state index in [-0.39, 0.29) is 11.8 Å². The van der Waals surface area contributed by atoms with Crippen LogP contribution >= 0.6 is 0 Å². The van der Waals surface area contributed by atoms with Crippen molar-refractivity contribution < 1.29 is 4.79 Å². The van der Waals surface area contributed by atoms with E-state index in [1.807, 2.05) is 25.1 Å². The van der Waals surface area contributed by atoms with Gasteiger partial charge in [-0.1, -0.05) is 55.0 Å². The quantitative estimate of drug-likeness (QED) is 0.875. The zero-order valence-corrected chi connectivity index (χ0v) is 12.0. The molecule has 19 heavy (non-hydrogen) atoms. The summed E-state index contributed by atoms with van der Waals surface area (Å²) < 4.78 is 0. The molecule has 102 valence electrons. The van der Waals surface area contributed by atoms with E-state index in [1.54, 1.807) is 0 Å². The Morgan fingerprint density at radius 2 is 1.89 bits per heavy atom. The molecule has 0 amide bonds. The summed E-state index contributed by atoms with van der Waals surface area (Å²) in [6.45, 7) is 5.67. The number of rotatable bonds is 5. The maximum Gasteiger partial charge on any atom is 0.146 e. The molecule has 0 saturated heterocycles. The lowest BCUT2D eigenvalue weighted by molar-refractivity contribution is -0.118. The number of hydrogen-bond donors (Lipinski definition) is 1. The van der Waals surface area contributed by atoms with E-state index in [0.717, 1.165) is 12.0 Å². The molecule has 0 spiro atoms. The molecule has 1 atom stereocenters. The number of benzene rings is 1. The third kappa shape index (κ3) is 5.23. The van der Waals surface area contributed by atoms with Crippen molar-refractivity contribution in [1.82, 2.24) is 0 Å². The molecule has 0 aliphatic carbocycles. The lowest BCUT2D eigenvalue weighted by atomic mass is 10.0. The number of Topliss-reactive ketones (excluding diaryl/α,β-unsaturated/α-hetero) is 1. The van der Waals surface area contributed by atoms with E-state index < -0.39 is 0 Å². The van der Waals surface area contributed by atoms with Gasteiger partial charge in [0.1, 0.15) is 5.78 Å². The average molecular weight is 257 g/mol. The zero-order chi connectivity index (χ0) is 14.3. The summed E-state index contributed by atoms with van der Waals surface area (Å²) in [6.07, 6.45) is 7.97. The molecule has 1 rings (SSSR count). The molecular formula is C17H23NO. The van der Waals surface area contributed by atoms with Gasteiger partial charge in [-0.25, -0.2) is 0 Å². The standard InChI is InChI=1S/C17H23NO/c1-4-7-15-8-5-6-9-16(15)11-10-13(2)12-17(18)14(3)19/h5-11,17H,4,12,18H2,1-3H3/b13-10+,15-7+,16-11-. The first-order valence-electron chi connectivity index (χ1n) is 6.73. The minimum Gasteiger partial charge on any atom is -0.321 e. The maximum atomic E-state index is 11.1. The summed E-state index contributed by atoms with van der Waals surface area (Å²) in [5, 5.41) is 2.44. The topological polar surface area (TPSA) is 43.1 Å². The monoisotopic (exact) mass is 257 g/mol. The largest absolute Gasteiger partial charge is 0.321 e. The number of hydrogen-bond acceptors (Lipinski definition) is 2. The van der Waals surface area contributed by atoms with Gasteiger partial charge in [-0.05, 0) is 37.1 Å². The summed E-state index contributed by atoms with van der Waals surface area (Å²) >= 11 is 0. The first-order valence-corrected chi connectivity index (χ1v) is 6.73. The van der Waals surface area contributed by atoms with Crippen molar-refractivity contribution in [2.24, 2.45) is 5.73 Å². The Labute approximate surface area is 115 Å². The number of carbonyl (C=O) groups is 1. The van der Waals surface area contributed by atoms with E-state index in [1.165, 1.54) is 17.4 Å². The SMILES string of the molecule is CC\C=c1/cccc/c1=C/C=C(\C)CC(N)C(C)=O. The lowest BCUT2D eigenvalue weighted by Gasteiger charge is -2.06. The van der Waals surface area contributed by atoms with Crippen LogP contribution in [-0.2, 0) is 4.79 Å². The van der Waals surface area contributed by atoms with Crippen LogP contribution in [0.2, 0.25) is 0 Å². The molecule has 1 aromatic rings. The highest BCUT2D eigenvalue weighted by Gasteiger charge is 2.07. The van der Waals surface area contributed by atoms with Gasteiger partial charge in [-0.15, -0.1) is 0 Å². The predicted octanol–water partition coefficient (Wildman–Crippen LogP) is 1.91. The highest BCUT2D eigenvalue weighted by molar-refractivity contribution is 5.81. The number of allylic oxidation sites excluding steroid dienone is 1. The number of carbonyl (C=O) groups excluding carboxylic acids is 1. The van der Waals surface area contributed by atoms with Crippen molar-refractivity contribution in [3.63, 3.8) is 0 Å². The molecular weight excluding hydrogens is 234 g/mol. The fourth-order valence-corrected chi connectivity index (χ4v) is 1.86. The highest BCUT2D eigenvalue weighted by atomic mass is 16.1. The van der Waals surface area contributed by atoms with Crippen molar-refractivity contribution >= 4 is 17.9 Å². The molecule has 0 saturated carbocycles. The Morgan fingerprint density at radius 1 is 1.26 bits per heavy atom. The third-order valence-electron chi connectivity index (χ3n) is 3.03. The van der Waals surface area contributed by atoms with E-state index >= 15 is 0 Å². The molecule has 0 aliphatic heterocycles. The zero-order valence-electron chi connectivity index (χ0n) is 12.0. The Balaban J connectivity index is 2.98. The molecule has 0 aromatic heterocycles. The lowest BCUT2D eigenvalue weighted by Crippen LogP contribution is -2.28. The van der Waals surface area contributed by atoms with Crippen molar-refractivity contribution in [2.75, 3.05) is 0 Å². The molecule has 0 fully saturated rings. The van der Waals surface area contributed by atoms with Crippen LogP contribution in [0.25, 0.3) is 12.2 Å². The van der Waals surface area contributed by atoms with Crippen molar-refractivity contribution in [2.45, 2.75) is 39.7 Å². The summed E-state index contributed by atoms with van der Waals surface area (Å²) in [5.41, 5.74) is 6.87. The summed E-state index contributed by atoms with van der Waals surface area (Å²) in [7, 11) is 0. The minimum atomic E-state index is -0.387. The second-order valence-corrected chi connectivity index (χ2v) is 4.84. The van der Waals surface area contributed by atoms with Crippen LogP contribution in [0.4, 0.5) is 0 Å². The van der Waals surface area contributed by atoms with Crippen LogP contribution in [0.1, 0.15) is 33.6 Å². The van der Waals surface area contributed by atoms with Crippen LogP contribution in [0, 0.1) is 0 Å². The molecule has 2 nitrogen and oxygen atoms in total. The van der Waals surface area contributed by atoms with E-state index in [2.05, 4.69) is 31.2 Å². The maximum absolute atomic E-state index is 11.1.